The minimum atomic E-state index is -0.440. The molecule has 0 spiro atoms. The lowest BCUT2D eigenvalue weighted by Crippen LogP contribution is -2.20. The summed E-state index contributed by atoms with van der Waals surface area (Å²) < 4.78 is 12.3. The molecule has 2 amide bonds. The Hall–Kier alpha value is -4.99. The lowest BCUT2D eigenvalue weighted by molar-refractivity contribution is 0.262. The van der Waals surface area contributed by atoms with Crippen molar-refractivity contribution < 1.29 is 14.3 Å². The maximum absolute atomic E-state index is 12.7. The number of benzene rings is 2. The number of urea groups is 1. The highest BCUT2D eigenvalue weighted by molar-refractivity contribution is 6.02. The number of aromatic nitrogens is 5. The number of hydrogen-bond donors (Lipinski definition) is 2. The SMILES string of the molecule is COc1cccc(OC)c1NC(=O)Nc1cccc(-c2ccc3nnc(-c4ccccn4)n3n2)c1. The first kappa shape index (κ1) is 21.8. The van der Waals surface area contributed by atoms with Crippen molar-refractivity contribution in [2.75, 3.05) is 24.9 Å². The molecule has 35 heavy (non-hydrogen) atoms. The molecule has 0 saturated heterocycles. The Labute approximate surface area is 200 Å². The number of ether oxygens (including phenoxy) is 2. The highest BCUT2D eigenvalue weighted by Gasteiger charge is 2.14. The molecule has 5 aromatic rings. The van der Waals surface area contributed by atoms with Gasteiger partial charge in [-0.15, -0.1) is 10.2 Å². The lowest BCUT2D eigenvalue weighted by atomic mass is 10.1. The van der Waals surface area contributed by atoms with Crippen LogP contribution in [0.2, 0.25) is 0 Å². The van der Waals surface area contributed by atoms with E-state index in [2.05, 4.69) is 25.8 Å². The van der Waals surface area contributed by atoms with Crippen LogP contribution in [-0.4, -0.2) is 45.0 Å². The van der Waals surface area contributed by atoms with Crippen LogP contribution >= 0.6 is 0 Å². The Morgan fingerprint density at radius 1 is 0.829 bits per heavy atom. The normalized spacial score (nSPS) is 10.7. The van der Waals surface area contributed by atoms with Gasteiger partial charge in [-0.3, -0.25) is 4.98 Å². The highest BCUT2D eigenvalue weighted by atomic mass is 16.5. The molecule has 5 rings (SSSR count). The smallest absolute Gasteiger partial charge is 0.323 e. The van der Waals surface area contributed by atoms with Crippen LogP contribution in [0.25, 0.3) is 28.4 Å². The van der Waals surface area contributed by atoms with Gasteiger partial charge < -0.3 is 20.1 Å². The van der Waals surface area contributed by atoms with Gasteiger partial charge in [0.2, 0.25) is 5.82 Å². The van der Waals surface area contributed by atoms with Gasteiger partial charge in [-0.1, -0.05) is 24.3 Å². The number of carbonyl (C=O) groups excluding carboxylic acids is 1. The molecule has 0 atom stereocenters. The Bertz CT molecular complexity index is 1480. The van der Waals surface area contributed by atoms with Gasteiger partial charge in [0, 0.05) is 17.4 Å². The molecule has 0 saturated carbocycles. The predicted octanol–water partition coefficient (Wildman–Crippen LogP) is 4.51. The monoisotopic (exact) mass is 467 g/mol. The number of rotatable bonds is 6. The van der Waals surface area contributed by atoms with Crippen LogP contribution in [0.1, 0.15) is 0 Å². The quantitative estimate of drug-likeness (QED) is 0.377. The average molecular weight is 467 g/mol. The molecule has 0 radical (unpaired) electrons. The summed E-state index contributed by atoms with van der Waals surface area (Å²) in [5.41, 5.74) is 3.79. The minimum Gasteiger partial charge on any atom is -0.494 e. The number of fused-ring (bicyclic) bond motifs is 1. The molecule has 0 fully saturated rings. The van der Waals surface area contributed by atoms with E-state index in [9.17, 15) is 4.79 Å². The number of nitrogens with one attached hydrogen (secondary N) is 2. The predicted molar refractivity (Wildman–Crippen MR) is 132 cm³/mol. The van der Waals surface area contributed by atoms with Gasteiger partial charge >= 0.3 is 6.03 Å². The van der Waals surface area contributed by atoms with Crippen molar-refractivity contribution in [1.82, 2.24) is 24.8 Å². The molecule has 0 bridgehead atoms. The Morgan fingerprint density at radius 3 is 2.37 bits per heavy atom. The Kier molecular flexibility index (Phi) is 5.91. The minimum absolute atomic E-state index is 0.438. The van der Waals surface area contributed by atoms with Crippen LogP contribution in [0.5, 0.6) is 11.5 Å². The van der Waals surface area contributed by atoms with Crippen LogP contribution in [0.4, 0.5) is 16.2 Å². The second kappa shape index (κ2) is 9.48. The summed E-state index contributed by atoms with van der Waals surface area (Å²) in [6.07, 6.45) is 1.70. The molecule has 0 unspecified atom stereocenters. The molecule has 0 aliphatic rings. The van der Waals surface area contributed by atoms with Crippen molar-refractivity contribution in [3.63, 3.8) is 0 Å². The largest absolute Gasteiger partial charge is 0.494 e. The Balaban J connectivity index is 1.40. The van der Waals surface area contributed by atoms with Crippen molar-refractivity contribution in [1.29, 1.82) is 0 Å². The topological polar surface area (TPSA) is 116 Å². The number of nitrogens with zero attached hydrogens (tertiary/aromatic N) is 5. The fourth-order valence-electron chi connectivity index (χ4n) is 3.60. The molecule has 2 aromatic carbocycles. The van der Waals surface area contributed by atoms with E-state index in [4.69, 9.17) is 14.6 Å². The zero-order valence-electron chi connectivity index (χ0n) is 19.0. The first-order chi connectivity index (χ1) is 17.2. The molecule has 2 N–H and O–H groups in total. The van der Waals surface area contributed by atoms with Gasteiger partial charge in [0.1, 0.15) is 22.9 Å². The van der Waals surface area contributed by atoms with Crippen LogP contribution in [0.3, 0.4) is 0 Å². The molecule has 10 heteroatoms. The van der Waals surface area contributed by atoms with Crippen LogP contribution in [0, 0.1) is 0 Å². The van der Waals surface area contributed by atoms with Crippen molar-refractivity contribution in [2.45, 2.75) is 0 Å². The van der Waals surface area contributed by atoms with Crippen molar-refractivity contribution >= 4 is 23.1 Å². The third kappa shape index (κ3) is 4.44. The number of amides is 2. The van der Waals surface area contributed by atoms with E-state index in [1.54, 1.807) is 35.0 Å². The fourth-order valence-corrected chi connectivity index (χ4v) is 3.60. The van der Waals surface area contributed by atoms with Gasteiger partial charge in [0.25, 0.3) is 0 Å². The van der Waals surface area contributed by atoms with Crippen molar-refractivity contribution in [2.24, 2.45) is 0 Å². The van der Waals surface area contributed by atoms with Gasteiger partial charge in [-0.2, -0.15) is 9.61 Å². The Morgan fingerprint density at radius 2 is 1.63 bits per heavy atom. The molecular formula is C25H21N7O3. The van der Waals surface area contributed by atoms with E-state index in [-0.39, 0.29) is 0 Å². The van der Waals surface area contributed by atoms with E-state index in [1.165, 1.54) is 14.2 Å². The van der Waals surface area contributed by atoms with E-state index in [0.29, 0.717) is 45.7 Å². The van der Waals surface area contributed by atoms with E-state index in [1.807, 2.05) is 48.5 Å². The van der Waals surface area contributed by atoms with Gasteiger partial charge in [-0.05, 0) is 48.5 Å². The molecule has 0 aliphatic heterocycles. The average Bonchev–Trinajstić information content (AvgIpc) is 3.33. The molecular weight excluding hydrogens is 446 g/mol. The number of methoxy groups -OCH3 is 2. The standard InChI is InChI=1S/C25H21N7O3/c1-34-20-10-6-11-21(35-2)23(20)28-25(33)27-17-8-5-7-16(15-17)18-12-13-22-29-30-24(32(22)31-18)19-9-3-4-14-26-19/h3-15H,1-2H3,(H2,27,28,33). The number of carbonyl (C=O) groups is 1. The van der Waals surface area contributed by atoms with Crippen LogP contribution in [-0.2, 0) is 0 Å². The molecule has 10 nitrogen and oxygen atoms in total. The third-order valence-electron chi connectivity index (χ3n) is 5.24. The second-order valence-corrected chi connectivity index (χ2v) is 7.42. The second-order valence-electron chi connectivity index (χ2n) is 7.42. The summed E-state index contributed by atoms with van der Waals surface area (Å²) in [6, 6.07) is 21.5. The van der Waals surface area contributed by atoms with Gasteiger partial charge in [0.05, 0.1) is 19.9 Å². The first-order valence-corrected chi connectivity index (χ1v) is 10.7. The van der Waals surface area contributed by atoms with Crippen molar-refractivity contribution in [3.05, 3.63) is 79.0 Å². The number of pyridine rings is 1. The summed E-state index contributed by atoms with van der Waals surface area (Å²) in [5.74, 6) is 1.52. The summed E-state index contributed by atoms with van der Waals surface area (Å²) in [6.45, 7) is 0. The summed E-state index contributed by atoms with van der Waals surface area (Å²) in [5, 5.41) is 18.7. The van der Waals surface area contributed by atoms with Gasteiger partial charge in [0.15, 0.2) is 5.65 Å². The summed E-state index contributed by atoms with van der Waals surface area (Å²) in [7, 11) is 3.06. The zero-order chi connectivity index (χ0) is 24.2. The van der Waals surface area contributed by atoms with Crippen LogP contribution < -0.4 is 20.1 Å². The van der Waals surface area contributed by atoms with E-state index < -0.39 is 6.03 Å². The van der Waals surface area contributed by atoms with Crippen LogP contribution in [0.15, 0.2) is 79.0 Å². The lowest BCUT2D eigenvalue weighted by Gasteiger charge is -2.14. The zero-order valence-corrected chi connectivity index (χ0v) is 19.0. The molecule has 174 valence electrons. The fraction of sp³-hybridized carbons (Fsp3) is 0.0800. The molecule has 0 aliphatic carbocycles. The molecule has 3 heterocycles. The number of anilines is 2. The van der Waals surface area contributed by atoms with Crippen molar-refractivity contribution in [3.8, 4) is 34.3 Å². The number of para-hydroxylation sites is 1. The third-order valence-corrected chi connectivity index (χ3v) is 5.24. The van der Waals surface area contributed by atoms with E-state index >= 15 is 0 Å². The summed E-state index contributed by atoms with van der Waals surface area (Å²) in [4.78, 5) is 17.1. The maximum Gasteiger partial charge on any atom is 0.323 e. The number of hydrogen-bond acceptors (Lipinski definition) is 7. The highest BCUT2D eigenvalue weighted by Crippen LogP contribution is 2.34. The first-order valence-electron chi connectivity index (χ1n) is 10.7. The molecule has 3 aromatic heterocycles. The van der Waals surface area contributed by atoms with Gasteiger partial charge in [-0.25, -0.2) is 4.79 Å². The maximum atomic E-state index is 12.7. The summed E-state index contributed by atoms with van der Waals surface area (Å²) >= 11 is 0. The van der Waals surface area contributed by atoms with E-state index in [0.717, 1.165) is 5.56 Å².